The Hall–Kier alpha value is -0.880. The van der Waals surface area contributed by atoms with Crippen LogP contribution in [0, 0.1) is 5.82 Å². The van der Waals surface area contributed by atoms with Crippen molar-refractivity contribution in [3.8, 4) is 5.75 Å². The summed E-state index contributed by atoms with van der Waals surface area (Å²) in [6, 6.07) is 4.10. The van der Waals surface area contributed by atoms with Crippen molar-refractivity contribution in [2.75, 3.05) is 32.8 Å². The Morgan fingerprint density at radius 1 is 1.32 bits per heavy atom. The van der Waals surface area contributed by atoms with Gasteiger partial charge in [0.1, 0.15) is 11.6 Å². The second-order valence-corrected chi connectivity index (χ2v) is 4.52. The van der Waals surface area contributed by atoms with Gasteiger partial charge in [-0.3, -0.25) is 4.90 Å². The molecule has 1 atom stereocenters. The number of nitrogens with one attached hydrogen (secondary N) is 1. The second kappa shape index (κ2) is 7.65. The van der Waals surface area contributed by atoms with Crippen LogP contribution in [0.3, 0.4) is 0 Å². The summed E-state index contributed by atoms with van der Waals surface area (Å²) in [5.74, 6) is -0.480. The van der Waals surface area contributed by atoms with Gasteiger partial charge in [0.25, 0.3) is 0 Å². The third-order valence-corrected chi connectivity index (χ3v) is 3.34. The number of hydrogen-bond donors (Lipinski definition) is 3. The Bertz CT molecular complexity index is 400. The highest BCUT2D eigenvalue weighted by Gasteiger charge is 2.24. The van der Waals surface area contributed by atoms with E-state index in [-0.39, 0.29) is 30.8 Å². The molecule has 1 aliphatic rings. The highest BCUT2D eigenvalue weighted by molar-refractivity contribution is 5.85. The van der Waals surface area contributed by atoms with E-state index in [1.807, 2.05) is 0 Å². The molecule has 6 heteroatoms. The predicted molar refractivity (Wildman–Crippen MR) is 74.2 cm³/mol. The van der Waals surface area contributed by atoms with Crippen molar-refractivity contribution < 1.29 is 14.6 Å². The number of halogens is 2. The highest BCUT2D eigenvalue weighted by atomic mass is 35.5. The average Bonchev–Trinajstić information content (AvgIpc) is 2.38. The van der Waals surface area contributed by atoms with E-state index in [1.54, 1.807) is 6.07 Å². The fraction of sp³-hybridized carbons (Fsp3) is 0.538. The number of benzene rings is 1. The minimum absolute atomic E-state index is 0. The molecule has 2 rings (SSSR count). The van der Waals surface area contributed by atoms with Crippen molar-refractivity contribution in [2.45, 2.75) is 12.5 Å². The quantitative estimate of drug-likeness (QED) is 0.782. The SMILES string of the molecule is Cl.OCC[C@H](c1ccc(O)cc1F)N1CCNCC1. The Labute approximate surface area is 118 Å². The van der Waals surface area contributed by atoms with Gasteiger partial charge in [-0.05, 0) is 12.5 Å². The zero-order valence-electron chi connectivity index (χ0n) is 10.7. The molecule has 0 amide bonds. The van der Waals surface area contributed by atoms with Gasteiger partial charge in [-0.1, -0.05) is 6.07 Å². The number of phenols is 1. The molecular formula is C13H20ClFN2O2. The van der Waals surface area contributed by atoms with Crippen LogP contribution in [0.4, 0.5) is 4.39 Å². The molecule has 19 heavy (non-hydrogen) atoms. The standard InChI is InChI=1S/C13H19FN2O2.ClH/c14-12-9-10(18)1-2-11(12)13(3-8-17)16-6-4-15-5-7-16;/h1-2,9,13,15,17-18H,3-8H2;1H/t13-;/m1./s1. The molecule has 3 N–H and O–H groups in total. The molecule has 0 spiro atoms. The lowest BCUT2D eigenvalue weighted by Gasteiger charge is -2.35. The van der Waals surface area contributed by atoms with Crippen molar-refractivity contribution in [3.63, 3.8) is 0 Å². The molecule has 0 aliphatic carbocycles. The van der Waals surface area contributed by atoms with Crippen LogP contribution in [0.5, 0.6) is 5.75 Å². The second-order valence-electron chi connectivity index (χ2n) is 4.52. The molecule has 0 aromatic heterocycles. The van der Waals surface area contributed by atoms with Gasteiger partial charge in [0.15, 0.2) is 0 Å². The van der Waals surface area contributed by atoms with E-state index in [0.29, 0.717) is 12.0 Å². The fourth-order valence-electron chi connectivity index (χ4n) is 2.44. The molecule has 0 bridgehead atoms. The third kappa shape index (κ3) is 4.04. The molecule has 1 heterocycles. The van der Waals surface area contributed by atoms with Crippen LogP contribution < -0.4 is 5.32 Å². The molecule has 0 unspecified atom stereocenters. The summed E-state index contributed by atoms with van der Waals surface area (Å²) < 4.78 is 13.9. The topological polar surface area (TPSA) is 55.7 Å². The van der Waals surface area contributed by atoms with E-state index in [9.17, 15) is 9.50 Å². The summed E-state index contributed by atoms with van der Waals surface area (Å²) in [6.07, 6.45) is 0.502. The molecule has 1 aliphatic heterocycles. The van der Waals surface area contributed by atoms with Crippen molar-refractivity contribution in [1.82, 2.24) is 10.2 Å². The van der Waals surface area contributed by atoms with E-state index >= 15 is 0 Å². The Balaban J connectivity index is 0.00000180. The average molecular weight is 291 g/mol. The number of rotatable bonds is 4. The largest absolute Gasteiger partial charge is 0.508 e. The van der Waals surface area contributed by atoms with Crippen LogP contribution in [0.15, 0.2) is 18.2 Å². The first-order chi connectivity index (χ1) is 8.72. The number of aliphatic hydroxyl groups is 1. The van der Waals surface area contributed by atoms with Gasteiger partial charge in [-0.15, -0.1) is 12.4 Å². The van der Waals surface area contributed by atoms with Crippen LogP contribution in [-0.4, -0.2) is 47.9 Å². The Kier molecular flexibility index (Phi) is 6.51. The summed E-state index contributed by atoms with van der Waals surface area (Å²) in [5.41, 5.74) is 0.545. The summed E-state index contributed by atoms with van der Waals surface area (Å²) in [5, 5.41) is 21.7. The van der Waals surface area contributed by atoms with E-state index in [4.69, 9.17) is 5.11 Å². The molecule has 1 fully saturated rings. The van der Waals surface area contributed by atoms with Crippen LogP contribution in [-0.2, 0) is 0 Å². The van der Waals surface area contributed by atoms with Crippen LogP contribution in [0.2, 0.25) is 0 Å². The first-order valence-corrected chi connectivity index (χ1v) is 6.26. The number of piperazine rings is 1. The number of nitrogens with zero attached hydrogens (tertiary/aromatic N) is 1. The van der Waals surface area contributed by atoms with Crippen molar-refractivity contribution in [1.29, 1.82) is 0 Å². The Morgan fingerprint density at radius 3 is 2.58 bits per heavy atom. The van der Waals surface area contributed by atoms with Gasteiger partial charge in [0.2, 0.25) is 0 Å². The molecule has 4 nitrogen and oxygen atoms in total. The molecule has 1 aromatic rings. The zero-order chi connectivity index (χ0) is 13.0. The molecule has 1 saturated heterocycles. The first-order valence-electron chi connectivity index (χ1n) is 6.26. The zero-order valence-corrected chi connectivity index (χ0v) is 11.5. The highest BCUT2D eigenvalue weighted by Crippen LogP contribution is 2.28. The molecule has 1 aromatic carbocycles. The maximum atomic E-state index is 13.9. The Morgan fingerprint density at radius 2 is 2.00 bits per heavy atom. The number of phenolic OH excluding ortho intramolecular Hbond substituents is 1. The first kappa shape index (κ1) is 16.2. The minimum Gasteiger partial charge on any atom is -0.508 e. The maximum Gasteiger partial charge on any atom is 0.131 e. The number of aromatic hydroxyl groups is 1. The lowest BCUT2D eigenvalue weighted by molar-refractivity contribution is 0.138. The van der Waals surface area contributed by atoms with E-state index < -0.39 is 5.82 Å². The smallest absolute Gasteiger partial charge is 0.131 e. The van der Waals surface area contributed by atoms with Gasteiger partial charge < -0.3 is 15.5 Å². The molecule has 108 valence electrons. The number of hydrogen-bond acceptors (Lipinski definition) is 4. The molecule has 0 radical (unpaired) electrons. The van der Waals surface area contributed by atoms with Crippen molar-refractivity contribution in [2.24, 2.45) is 0 Å². The van der Waals surface area contributed by atoms with Gasteiger partial charge in [-0.2, -0.15) is 0 Å². The lowest BCUT2D eigenvalue weighted by atomic mass is 10.0. The van der Waals surface area contributed by atoms with Crippen LogP contribution in [0.25, 0.3) is 0 Å². The number of aliphatic hydroxyl groups excluding tert-OH is 1. The summed E-state index contributed by atoms with van der Waals surface area (Å²) in [7, 11) is 0. The van der Waals surface area contributed by atoms with Crippen LogP contribution >= 0.6 is 12.4 Å². The van der Waals surface area contributed by atoms with Crippen molar-refractivity contribution in [3.05, 3.63) is 29.6 Å². The van der Waals surface area contributed by atoms with Gasteiger partial charge in [-0.25, -0.2) is 4.39 Å². The predicted octanol–water partition coefficient (Wildman–Crippen LogP) is 1.28. The summed E-state index contributed by atoms with van der Waals surface area (Å²) in [4.78, 5) is 2.17. The van der Waals surface area contributed by atoms with E-state index in [0.717, 1.165) is 32.2 Å². The normalized spacial score (nSPS) is 17.8. The van der Waals surface area contributed by atoms with E-state index in [2.05, 4.69) is 10.2 Å². The van der Waals surface area contributed by atoms with Gasteiger partial charge in [0, 0.05) is 50.5 Å². The van der Waals surface area contributed by atoms with E-state index in [1.165, 1.54) is 6.07 Å². The minimum atomic E-state index is -0.410. The molecular weight excluding hydrogens is 271 g/mol. The summed E-state index contributed by atoms with van der Waals surface area (Å²) in [6.45, 7) is 3.45. The van der Waals surface area contributed by atoms with Crippen LogP contribution in [0.1, 0.15) is 18.0 Å². The monoisotopic (exact) mass is 290 g/mol. The molecule has 0 saturated carbocycles. The van der Waals surface area contributed by atoms with Gasteiger partial charge >= 0.3 is 0 Å². The fourth-order valence-corrected chi connectivity index (χ4v) is 2.44. The maximum absolute atomic E-state index is 13.9. The van der Waals surface area contributed by atoms with Gasteiger partial charge in [0.05, 0.1) is 0 Å². The third-order valence-electron chi connectivity index (χ3n) is 3.34. The summed E-state index contributed by atoms with van der Waals surface area (Å²) >= 11 is 0. The van der Waals surface area contributed by atoms with Crippen molar-refractivity contribution >= 4 is 12.4 Å². The lowest BCUT2D eigenvalue weighted by Crippen LogP contribution is -2.45.